The summed E-state index contributed by atoms with van der Waals surface area (Å²) in [7, 11) is -5.91. The number of aromatic nitrogens is 8. The molecule has 0 fully saturated rings. The Bertz CT molecular complexity index is 5410. The maximum atomic E-state index is 13.4. The number of nitrogens with zero attached hydrogens (tertiary/aromatic N) is 8. The maximum Gasteiger partial charge on any atom is 0.534 e. The van der Waals surface area contributed by atoms with Crippen LogP contribution in [0.3, 0.4) is 0 Å². The van der Waals surface area contributed by atoms with Crippen LogP contribution in [0.25, 0.3) is 129 Å². The van der Waals surface area contributed by atoms with Crippen LogP contribution >= 0.6 is 0 Å². The first-order valence-corrected chi connectivity index (χ1v) is 34.7. The lowest BCUT2D eigenvalue weighted by Crippen LogP contribution is -2.28. The van der Waals surface area contributed by atoms with Gasteiger partial charge in [-0.2, -0.15) is 21.6 Å². The van der Waals surface area contributed by atoms with Crippen molar-refractivity contribution in [2.24, 2.45) is 0 Å². The number of para-hydroxylation sites is 2. The second-order valence-electron chi connectivity index (χ2n) is 29.3. The SMILES string of the molecule is C=Cc1cccc2c1c1ccccc1n2-c1cccc(-c2nc(-c3ccc(C(C)(C)C)cc3)nc(-c3ccc(C(C)(C)C)cc3)n2)c1.CC(C)(C)c1ccc(-c2nc(-c3ccc(C(C)(C)C)cc3)nc(-c3cccc(-n4c5ccccc5c5c(OS(=O)(=O)C(F)(F)F)cccc54)c3)n2)cc1. The molecule has 0 atom stereocenters. The topological polar surface area (TPSA) is 131 Å². The van der Waals surface area contributed by atoms with Gasteiger partial charge in [0.15, 0.2) is 40.7 Å². The predicted octanol–water partition coefficient (Wildman–Crippen LogP) is 22.0. The molecule has 4 heterocycles. The molecule has 0 saturated carbocycles. The fourth-order valence-corrected chi connectivity index (χ4v) is 13.0. The summed E-state index contributed by atoms with van der Waals surface area (Å²) in [6.07, 6.45) is 1.94. The van der Waals surface area contributed by atoms with Gasteiger partial charge >= 0.3 is 15.6 Å². The Morgan fingerprint density at radius 3 is 0.990 bits per heavy atom. The number of hydrogen-bond donors (Lipinski definition) is 0. The van der Waals surface area contributed by atoms with E-state index in [1.165, 1.54) is 45.2 Å². The quantitative estimate of drug-likeness (QED) is 0.0917. The van der Waals surface area contributed by atoms with E-state index in [4.69, 9.17) is 34.1 Å². The fraction of sp³-hybridized carbons (Fsp3) is 0.200. The highest BCUT2D eigenvalue weighted by atomic mass is 32.2. The molecule has 4 aromatic heterocycles. The molecule has 100 heavy (non-hydrogen) atoms. The molecular formula is C85H77F3N8O3S. The highest BCUT2D eigenvalue weighted by molar-refractivity contribution is 7.88. The molecule has 0 saturated heterocycles. The molecule has 14 aromatic rings. The Labute approximate surface area is 582 Å². The van der Waals surface area contributed by atoms with E-state index >= 15 is 0 Å². The van der Waals surface area contributed by atoms with Crippen molar-refractivity contribution in [3.8, 4) is 85.5 Å². The van der Waals surface area contributed by atoms with Gasteiger partial charge in [-0.1, -0.05) is 272 Å². The van der Waals surface area contributed by atoms with Crippen LogP contribution in [0.1, 0.15) is 111 Å². The van der Waals surface area contributed by atoms with Crippen molar-refractivity contribution in [2.75, 3.05) is 0 Å². The number of fused-ring (bicyclic) bond motifs is 6. The minimum absolute atomic E-state index is 0.0323. The third kappa shape index (κ3) is 13.5. The van der Waals surface area contributed by atoms with Crippen LogP contribution < -0.4 is 4.18 Å². The zero-order valence-corrected chi connectivity index (χ0v) is 58.9. The lowest BCUT2D eigenvalue weighted by molar-refractivity contribution is -0.0499. The molecule has 0 N–H and O–H groups in total. The predicted molar refractivity (Wildman–Crippen MR) is 401 cm³/mol. The van der Waals surface area contributed by atoms with Gasteiger partial charge in [0.1, 0.15) is 0 Å². The first-order chi connectivity index (χ1) is 47.4. The third-order valence-electron chi connectivity index (χ3n) is 18.1. The van der Waals surface area contributed by atoms with Gasteiger partial charge < -0.3 is 13.3 Å². The average Bonchev–Trinajstić information content (AvgIpc) is 1.58. The maximum absolute atomic E-state index is 13.4. The Kier molecular flexibility index (Phi) is 17.4. The monoisotopic (exact) mass is 1350 g/mol. The van der Waals surface area contributed by atoms with Crippen molar-refractivity contribution in [3.05, 3.63) is 265 Å². The van der Waals surface area contributed by atoms with Crippen molar-refractivity contribution in [1.29, 1.82) is 0 Å². The van der Waals surface area contributed by atoms with Crippen LogP contribution in [-0.2, 0) is 31.8 Å². The summed E-state index contributed by atoms with van der Waals surface area (Å²) in [4.78, 5) is 30.0. The molecule has 0 unspecified atom stereocenters. The van der Waals surface area contributed by atoms with Gasteiger partial charge in [-0.05, 0) is 104 Å². The van der Waals surface area contributed by atoms with Crippen LogP contribution in [0.4, 0.5) is 13.2 Å². The van der Waals surface area contributed by atoms with Crippen molar-refractivity contribution < 1.29 is 25.8 Å². The number of halogens is 3. The van der Waals surface area contributed by atoms with Crippen LogP contribution in [0.15, 0.2) is 237 Å². The third-order valence-corrected chi connectivity index (χ3v) is 19.1. The molecule has 0 aliphatic carbocycles. The highest BCUT2D eigenvalue weighted by Crippen LogP contribution is 2.42. The van der Waals surface area contributed by atoms with E-state index in [2.05, 4.69) is 234 Å². The van der Waals surface area contributed by atoms with Gasteiger partial charge in [-0.15, -0.1) is 0 Å². The molecule has 502 valence electrons. The van der Waals surface area contributed by atoms with Gasteiger partial charge in [0.2, 0.25) is 0 Å². The molecule has 14 rings (SSSR count). The Hall–Kier alpha value is -10.9. The standard InChI is InChI=1S/C43H40N4.C42H37F3N4O3S/c1-8-28-13-12-18-37-38(28)35-16-9-10-17-36(35)47(37)34-15-11-14-31(27-34)41-45-39(29-19-23-32(24-20-29)42(2,3)4)44-40(46-41)30-21-25-33(26-22-30)43(5,6)7;1-40(2,3)29-21-17-26(18-22-29)37-46-38(27-19-23-30(24-20-27)41(4,5)6)48-39(47-37)28-11-9-12-31(25-28)49-33-14-8-7-13-32(33)36-34(49)15-10-16-35(36)52-53(50,51)42(43,44)45/h8-27H,1H2,2-7H3;7-25H,1-6H3. The molecule has 0 aliphatic rings. The van der Waals surface area contributed by atoms with Crippen molar-refractivity contribution >= 4 is 59.8 Å². The first-order valence-electron chi connectivity index (χ1n) is 33.3. The van der Waals surface area contributed by atoms with Gasteiger partial charge in [0, 0.05) is 60.9 Å². The second-order valence-corrected chi connectivity index (χ2v) is 30.8. The van der Waals surface area contributed by atoms with Crippen LogP contribution in [0, 0.1) is 0 Å². The summed E-state index contributed by atoms with van der Waals surface area (Å²) in [5.41, 5.74) is 10.7. The molecule has 0 bridgehead atoms. The second kappa shape index (κ2) is 25.8. The zero-order chi connectivity index (χ0) is 70.8. The van der Waals surface area contributed by atoms with E-state index in [0.29, 0.717) is 62.6 Å². The van der Waals surface area contributed by atoms with Crippen LogP contribution in [0.5, 0.6) is 5.75 Å². The molecule has 0 amide bonds. The summed E-state index contributed by atoms with van der Waals surface area (Å²) in [5.74, 6) is 2.95. The normalized spacial score (nSPS) is 12.5. The minimum Gasteiger partial charge on any atom is -0.375 e. The minimum atomic E-state index is -5.91. The first kappa shape index (κ1) is 67.7. The largest absolute Gasteiger partial charge is 0.534 e. The van der Waals surface area contributed by atoms with E-state index in [0.717, 1.165) is 50.1 Å². The summed E-state index contributed by atoms with van der Waals surface area (Å²) < 4.78 is 73.2. The number of alkyl halides is 3. The summed E-state index contributed by atoms with van der Waals surface area (Å²) in [6.45, 7) is 30.4. The number of hydrogen-bond acceptors (Lipinski definition) is 9. The van der Waals surface area contributed by atoms with Gasteiger partial charge in [0.05, 0.1) is 27.5 Å². The van der Waals surface area contributed by atoms with Crippen molar-refractivity contribution in [3.63, 3.8) is 0 Å². The lowest BCUT2D eigenvalue weighted by Gasteiger charge is -2.19. The van der Waals surface area contributed by atoms with Crippen molar-refractivity contribution in [2.45, 2.75) is 110 Å². The van der Waals surface area contributed by atoms with E-state index in [9.17, 15) is 21.6 Å². The average molecular weight is 1350 g/mol. The molecule has 15 heteroatoms. The van der Waals surface area contributed by atoms with Gasteiger partial charge in [-0.3, -0.25) is 0 Å². The molecular weight excluding hydrogens is 1270 g/mol. The highest BCUT2D eigenvalue weighted by Gasteiger charge is 2.49. The Morgan fingerprint density at radius 1 is 0.350 bits per heavy atom. The molecule has 0 spiro atoms. The summed E-state index contributed by atoms with van der Waals surface area (Å²) in [5, 5.41) is 3.14. The lowest BCUT2D eigenvalue weighted by atomic mass is 9.86. The Balaban J connectivity index is 0.000000180. The van der Waals surface area contributed by atoms with Gasteiger partial charge in [-0.25, -0.2) is 29.9 Å². The summed E-state index contributed by atoms with van der Waals surface area (Å²) >= 11 is 0. The van der Waals surface area contributed by atoms with Crippen molar-refractivity contribution in [1.82, 2.24) is 39.0 Å². The number of benzene rings is 10. The molecule has 10 aromatic carbocycles. The fourth-order valence-electron chi connectivity index (χ4n) is 12.6. The zero-order valence-electron chi connectivity index (χ0n) is 58.1. The van der Waals surface area contributed by atoms with Crippen LogP contribution in [0.2, 0.25) is 0 Å². The smallest absolute Gasteiger partial charge is 0.375 e. The van der Waals surface area contributed by atoms with E-state index < -0.39 is 21.4 Å². The number of rotatable bonds is 11. The van der Waals surface area contributed by atoms with Crippen LogP contribution in [-0.4, -0.2) is 53.0 Å². The molecule has 11 nitrogen and oxygen atoms in total. The van der Waals surface area contributed by atoms with Gasteiger partial charge in [0.25, 0.3) is 0 Å². The van der Waals surface area contributed by atoms with E-state index in [-0.39, 0.29) is 27.0 Å². The molecule has 0 radical (unpaired) electrons. The van der Waals surface area contributed by atoms with E-state index in [1.807, 2.05) is 65.2 Å². The molecule has 0 aliphatic heterocycles. The summed E-state index contributed by atoms with van der Waals surface area (Å²) in [6, 6.07) is 75.9. The Morgan fingerprint density at radius 2 is 0.650 bits per heavy atom. The van der Waals surface area contributed by atoms with E-state index in [1.54, 1.807) is 24.3 Å².